The van der Waals surface area contributed by atoms with E-state index in [4.69, 9.17) is 4.74 Å². The summed E-state index contributed by atoms with van der Waals surface area (Å²) in [6.45, 7) is 9.33. The van der Waals surface area contributed by atoms with Crippen molar-refractivity contribution in [3.05, 3.63) is 0 Å². The molecular weight excluding hydrogens is 224 g/mol. The van der Waals surface area contributed by atoms with Crippen LogP contribution in [0.15, 0.2) is 0 Å². The van der Waals surface area contributed by atoms with E-state index in [-0.39, 0.29) is 6.10 Å². The third-order valence-corrected chi connectivity index (χ3v) is 3.37. The van der Waals surface area contributed by atoms with E-state index in [1.807, 2.05) is 6.92 Å². The summed E-state index contributed by atoms with van der Waals surface area (Å²) >= 11 is 0. The highest BCUT2D eigenvalue weighted by Crippen LogP contribution is 2.25. The SMILES string of the molecule is CC(C)CCCOC(C)CC(C)(C#N)NC1CC1. The Morgan fingerprint density at radius 3 is 2.56 bits per heavy atom. The minimum Gasteiger partial charge on any atom is -0.378 e. The highest BCUT2D eigenvalue weighted by molar-refractivity contribution is 5.07. The van der Waals surface area contributed by atoms with Crippen LogP contribution in [0.3, 0.4) is 0 Å². The quantitative estimate of drug-likeness (QED) is 0.641. The normalized spacial score (nSPS) is 20.4. The second-order valence-electron chi connectivity index (χ2n) is 6.28. The number of rotatable bonds is 9. The van der Waals surface area contributed by atoms with Gasteiger partial charge in [-0.05, 0) is 45.4 Å². The maximum absolute atomic E-state index is 9.29. The standard InChI is InChI=1S/C15H28N2O/c1-12(2)6-5-9-18-13(3)10-15(4,11-16)17-14-7-8-14/h12-14,17H,5-10H2,1-4H3. The molecule has 0 spiro atoms. The summed E-state index contributed by atoms with van der Waals surface area (Å²) in [6, 6.07) is 2.96. The lowest BCUT2D eigenvalue weighted by atomic mass is 9.96. The van der Waals surface area contributed by atoms with Crippen molar-refractivity contribution in [2.75, 3.05) is 6.61 Å². The third-order valence-electron chi connectivity index (χ3n) is 3.37. The summed E-state index contributed by atoms with van der Waals surface area (Å²) in [5.41, 5.74) is -0.432. The molecule has 0 aromatic rings. The van der Waals surface area contributed by atoms with Gasteiger partial charge in [-0.3, -0.25) is 5.32 Å². The van der Waals surface area contributed by atoms with Gasteiger partial charge in [-0.25, -0.2) is 0 Å². The molecule has 104 valence electrons. The predicted octanol–water partition coefficient (Wildman–Crippen LogP) is 3.25. The van der Waals surface area contributed by atoms with Gasteiger partial charge in [0.15, 0.2) is 0 Å². The Morgan fingerprint density at radius 1 is 1.39 bits per heavy atom. The number of nitriles is 1. The van der Waals surface area contributed by atoms with Crippen LogP contribution < -0.4 is 5.32 Å². The van der Waals surface area contributed by atoms with Crippen molar-refractivity contribution in [1.82, 2.24) is 5.32 Å². The van der Waals surface area contributed by atoms with Crippen LogP contribution in [-0.2, 0) is 4.74 Å². The molecule has 2 atom stereocenters. The summed E-state index contributed by atoms with van der Waals surface area (Å²) in [6.07, 6.45) is 5.65. The first kappa shape index (κ1) is 15.5. The zero-order valence-electron chi connectivity index (χ0n) is 12.3. The average molecular weight is 252 g/mol. The monoisotopic (exact) mass is 252 g/mol. The minimum absolute atomic E-state index is 0.146. The summed E-state index contributed by atoms with van der Waals surface area (Å²) in [5.74, 6) is 0.741. The van der Waals surface area contributed by atoms with E-state index in [1.54, 1.807) is 0 Å². The number of nitrogens with zero attached hydrogens (tertiary/aromatic N) is 1. The van der Waals surface area contributed by atoms with Gasteiger partial charge in [0.2, 0.25) is 0 Å². The molecule has 1 fully saturated rings. The molecule has 0 aliphatic heterocycles. The second-order valence-corrected chi connectivity index (χ2v) is 6.28. The largest absolute Gasteiger partial charge is 0.378 e. The van der Waals surface area contributed by atoms with E-state index in [0.717, 1.165) is 25.4 Å². The molecule has 0 heterocycles. The molecule has 1 aliphatic rings. The first-order chi connectivity index (χ1) is 8.45. The van der Waals surface area contributed by atoms with Gasteiger partial charge >= 0.3 is 0 Å². The number of hydrogen-bond donors (Lipinski definition) is 1. The molecule has 0 bridgehead atoms. The van der Waals surface area contributed by atoms with Gasteiger partial charge in [0.25, 0.3) is 0 Å². The van der Waals surface area contributed by atoms with Gasteiger partial charge in [-0.15, -0.1) is 0 Å². The van der Waals surface area contributed by atoms with Crippen LogP contribution in [0.5, 0.6) is 0 Å². The molecule has 1 N–H and O–H groups in total. The fourth-order valence-electron chi connectivity index (χ4n) is 2.22. The van der Waals surface area contributed by atoms with Crippen LogP contribution in [0, 0.1) is 17.2 Å². The maximum Gasteiger partial charge on any atom is 0.106 e. The van der Waals surface area contributed by atoms with E-state index in [1.165, 1.54) is 19.3 Å². The molecule has 3 nitrogen and oxygen atoms in total. The number of nitrogens with one attached hydrogen (secondary N) is 1. The molecule has 1 aliphatic carbocycles. The third kappa shape index (κ3) is 6.37. The topological polar surface area (TPSA) is 45.0 Å². The van der Waals surface area contributed by atoms with E-state index < -0.39 is 5.54 Å². The first-order valence-electron chi connectivity index (χ1n) is 7.26. The molecule has 0 saturated heterocycles. The van der Waals surface area contributed by atoms with Crippen LogP contribution in [0.4, 0.5) is 0 Å². The second kappa shape index (κ2) is 7.11. The Bertz CT molecular complexity index is 281. The summed E-state index contributed by atoms with van der Waals surface area (Å²) in [7, 11) is 0. The van der Waals surface area contributed by atoms with E-state index in [0.29, 0.717) is 6.04 Å². The van der Waals surface area contributed by atoms with Gasteiger partial charge in [0, 0.05) is 19.1 Å². The minimum atomic E-state index is -0.432. The molecule has 0 amide bonds. The van der Waals surface area contributed by atoms with Crippen LogP contribution in [-0.4, -0.2) is 24.3 Å². The van der Waals surface area contributed by atoms with E-state index >= 15 is 0 Å². The van der Waals surface area contributed by atoms with Crippen LogP contribution >= 0.6 is 0 Å². The van der Waals surface area contributed by atoms with E-state index in [2.05, 4.69) is 32.2 Å². The lowest BCUT2D eigenvalue weighted by molar-refractivity contribution is 0.0439. The van der Waals surface area contributed by atoms with Gasteiger partial charge in [0.05, 0.1) is 12.2 Å². The molecule has 2 unspecified atom stereocenters. The lowest BCUT2D eigenvalue weighted by Gasteiger charge is -2.26. The van der Waals surface area contributed by atoms with Crippen molar-refractivity contribution in [2.24, 2.45) is 5.92 Å². The van der Waals surface area contributed by atoms with Crippen LogP contribution in [0.1, 0.15) is 59.8 Å². The Kier molecular flexibility index (Phi) is 6.11. The smallest absolute Gasteiger partial charge is 0.106 e. The molecule has 1 rings (SSSR count). The van der Waals surface area contributed by atoms with Gasteiger partial charge < -0.3 is 4.74 Å². The zero-order valence-corrected chi connectivity index (χ0v) is 12.3. The summed E-state index contributed by atoms with van der Waals surface area (Å²) in [4.78, 5) is 0. The Morgan fingerprint density at radius 2 is 2.06 bits per heavy atom. The lowest BCUT2D eigenvalue weighted by Crippen LogP contribution is -2.45. The zero-order chi connectivity index (χ0) is 13.6. The highest BCUT2D eigenvalue weighted by Gasteiger charge is 2.33. The first-order valence-corrected chi connectivity index (χ1v) is 7.26. The molecular formula is C15H28N2O. The number of ether oxygens (including phenoxy) is 1. The van der Waals surface area contributed by atoms with Crippen LogP contribution in [0.25, 0.3) is 0 Å². The van der Waals surface area contributed by atoms with Crippen molar-refractivity contribution in [3.8, 4) is 6.07 Å². The van der Waals surface area contributed by atoms with E-state index in [9.17, 15) is 5.26 Å². The molecule has 0 aromatic heterocycles. The Hall–Kier alpha value is -0.590. The van der Waals surface area contributed by atoms with Crippen molar-refractivity contribution in [3.63, 3.8) is 0 Å². The average Bonchev–Trinajstić information content (AvgIpc) is 3.08. The summed E-state index contributed by atoms with van der Waals surface area (Å²) < 4.78 is 5.80. The fraction of sp³-hybridized carbons (Fsp3) is 0.933. The highest BCUT2D eigenvalue weighted by atomic mass is 16.5. The fourth-order valence-corrected chi connectivity index (χ4v) is 2.22. The Labute approximate surface area is 112 Å². The predicted molar refractivity (Wildman–Crippen MR) is 74.3 cm³/mol. The molecule has 0 radical (unpaired) electrons. The van der Waals surface area contributed by atoms with Crippen molar-refractivity contribution >= 4 is 0 Å². The molecule has 1 saturated carbocycles. The van der Waals surface area contributed by atoms with Gasteiger partial charge in [-0.1, -0.05) is 13.8 Å². The van der Waals surface area contributed by atoms with Gasteiger partial charge in [-0.2, -0.15) is 5.26 Å². The molecule has 18 heavy (non-hydrogen) atoms. The Balaban J connectivity index is 2.20. The van der Waals surface area contributed by atoms with Crippen molar-refractivity contribution in [2.45, 2.75) is 77.5 Å². The molecule has 3 heteroatoms. The summed E-state index contributed by atoms with van der Waals surface area (Å²) in [5, 5.41) is 12.7. The van der Waals surface area contributed by atoms with Crippen LogP contribution in [0.2, 0.25) is 0 Å². The maximum atomic E-state index is 9.29. The number of hydrogen-bond acceptors (Lipinski definition) is 3. The van der Waals surface area contributed by atoms with Crippen molar-refractivity contribution in [1.29, 1.82) is 5.26 Å². The van der Waals surface area contributed by atoms with Gasteiger partial charge in [0.1, 0.15) is 5.54 Å². The van der Waals surface area contributed by atoms with Crippen molar-refractivity contribution < 1.29 is 4.74 Å². The molecule has 0 aromatic carbocycles.